The van der Waals surface area contributed by atoms with Crippen LogP contribution in [0.1, 0.15) is 39.2 Å². The molecule has 0 amide bonds. The second-order valence-electron chi connectivity index (χ2n) is 4.67. The number of hydrogen-bond acceptors (Lipinski definition) is 4. The van der Waals surface area contributed by atoms with Gasteiger partial charge in [0, 0.05) is 16.3 Å². The maximum absolute atomic E-state index is 6.02. The number of benzene rings is 1. The van der Waals surface area contributed by atoms with Gasteiger partial charge in [-0.25, -0.2) is 4.68 Å². The second-order valence-corrected chi connectivity index (χ2v) is 5.11. The molecule has 0 radical (unpaired) electrons. The molecule has 0 aliphatic heterocycles. The minimum atomic E-state index is 0.239. The zero-order valence-corrected chi connectivity index (χ0v) is 11.9. The van der Waals surface area contributed by atoms with Crippen LogP contribution in [0.15, 0.2) is 18.2 Å². The minimum Gasteiger partial charge on any atom is -0.398 e. The molecule has 5 nitrogen and oxygen atoms in total. The molecular formula is C13H18ClN5. The van der Waals surface area contributed by atoms with Gasteiger partial charge < -0.3 is 5.73 Å². The first-order valence-corrected chi connectivity index (χ1v) is 6.84. The van der Waals surface area contributed by atoms with Gasteiger partial charge in [0.2, 0.25) is 0 Å². The minimum absolute atomic E-state index is 0.239. The van der Waals surface area contributed by atoms with Crippen LogP contribution in [0.3, 0.4) is 0 Å². The number of rotatable bonds is 5. The molecule has 0 spiro atoms. The van der Waals surface area contributed by atoms with E-state index in [1.54, 1.807) is 18.2 Å². The summed E-state index contributed by atoms with van der Waals surface area (Å²) in [4.78, 5) is 0. The van der Waals surface area contributed by atoms with Crippen LogP contribution < -0.4 is 5.73 Å². The maximum Gasteiger partial charge on any atom is 0.184 e. The molecule has 1 unspecified atom stereocenters. The molecule has 0 aliphatic rings. The lowest BCUT2D eigenvalue weighted by Crippen LogP contribution is -2.09. The Morgan fingerprint density at radius 2 is 2.21 bits per heavy atom. The van der Waals surface area contributed by atoms with Crippen LogP contribution in [0.5, 0.6) is 0 Å². The zero-order chi connectivity index (χ0) is 13.8. The highest BCUT2D eigenvalue weighted by Gasteiger charge is 2.16. The topological polar surface area (TPSA) is 69.6 Å². The van der Waals surface area contributed by atoms with Gasteiger partial charge in [-0.1, -0.05) is 31.4 Å². The van der Waals surface area contributed by atoms with Crippen molar-refractivity contribution >= 4 is 17.3 Å². The molecule has 1 aromatic heterocycles. The van der Waals surface area contributed by atoms with Crippen molar-refractivity contribution in [2.24, 2.45) is 0 Å². The summed E-state index contributed by atoms with van der Waals surface area (Å²) in [6.07, 6.45) is 3.33. The Balaban J connectivity index is 2.35. The summed E-state index contributed by atoms with van der Waals surface area (Å²) >= 11 is 6.02. The lowest BCUT2D eigenvalue weighted by molar-refractivity contribution is 0.437. The number of nitrogen functional groups attached to an aromatic ring is 1. The number of nitrogens with two attached hydrogens (primary N) is 1. The van der Waals surface area contributed by atoms with E-state index >= 15 is 0 Å². The molecule has 1 heterocycles. The van der Waals surface area contributed by atoms with E-state index in [1.807, 2.05) is 4.68 Å². The molecule has 0 saturated heterocycles. The fourth-order valence-corrected chi connectivity index (χ4v) is 2.18. The second kappa shape index (κ2) is 6.02. The molecule has 102 valence electrons. The molecule has 2 aromatic rings. The molecular weight excluding hydrogens is 262 g/mol. The summed E-state index contributed by atoms with van der Waals surface area (Å²) in [5.41, 5.74) is 7.39. The van der Waals surface area contributed by atoms with Crippen LogP contribution in [0.2, 0.25) is 5.02 Å². The average molecular weight is 280 g/mol. The first-order chi connectivity index (χ1) is 9.13. The molecule has 0 saturated carbocycles. The number of anilines is 1. The van der Waals surface area contributed by atoms with E-state index < -0.39 is 0 Å². The van der Waals surface area contributed by atoms with Gasteiger partial charge in [0.15, 0.2) is 5.82 Å². The van der Waals surface area contributed by atoms with Gasteiger partial charge in [0.25, 0.3) is 0 Å². The fraction of sp³-hybridized carbons (Fsp3) is 0.462. The number of nitrogens with zero attached hydrogens (tertiary/aromatic N) is 4. The van der Waals surface area contributed by atoms with Crippen molar-refractivity contribution in [3.63, 3.8) is 0 Å². The van der Waals surface area contributed by atoms with Gasteiger partial charge in [-0.2, -0.15) is 0 Å². The molecule has 1 aromatic carbocycles. The molecule has 6 heteroatoms. The van der Waals surface area contributed by atoms with E-state index in [-0.39, 0.29) is 6.04 Å². The molecule has 1 atom stereocenters. The number of tetrazole rings is 1. The molecule has 0 fully saturated rings. The third-order valence-electron chi connectivity index (χ3n) is 3.14. The first-order valence-electron chi connectivity index (χ1n) is 6.46. The molecule has 0 bridgehead atoms. The fourth-order valence-electron chi connectivity index (χ4n) is 2.01. The quantitative estimate of drug-likeness (QED) is 0.852. The van der Waals surface area contributed by atoms with Gasteiger partial charge in [-0.3, -0.25) is 0 Å². The summed E-state index contributed by atoms with van der Waals surface area (Å²) in [5, 5.41) is 12.5. The Morgan fingerprint density at radius 1 is 1.42 bits per heavy atom. The summed E-state index contributed by atoms with van der Waals surface area (Å²) in [6, 6.07) is 5.57. The summed E-state index contributed by atoms with van der Waals surface area (Å²) < 4.78 is 1.82. The van der Waals surface area contributed by atoms with Crippen molar-refractivity contribution < 1.29 is 0 Å². The SMILES string of the molecule is CCCCC(C)n1nnnc1-c1cc(Cl)ccc1N. The Hall–Kier alpha value is -1.62. The van der Waals surface area contributed by atoms with E-state index in [1.165, 1.54) is 0 Å². The van der Waals surface area contributed by atoms with Crippen molar-refractivity contribution in [1.82, 2.24) is 20.2 Å². The Morgan fingerprint density at radius 3 is 2.95 bits per heavy atom. The summed E-state index contributed by atoms with van der Waals surface area (Å²) in [5.74, 6) is 0.670. The maximum atomic E-state index is 6.02. The standard InChI is InChI=1S/C13H18ClN5/c1-3-4-5-9(2)19-13(16-17-18-19)11-8-10(14)6-7-12(11)15/h6-9H,3-5,15H2,1-2H3. The molecule has 19 heavy (non-hydrogen) atoms. The lowest BCUT2D eigenvalue weighted by Gasteiger charge is -2.13. The van der Waals surface area contributed by atoms with E-state index in [0.29, 0.717) is 16.5 Å². The van der Waals surface area contributed by atoms with Crippen LogP contribution >= 0.6 is 11.6 Å². The number of aromatic nitrogens is 4. The van der Waals surface area contributed by atoms with Crippen LogP contribution in [-0.4, -0.2) is 20.2 Å². The van der Waals surface area contributed by atoms with Gasteiger partial charge in [0.1, 0.15) is 0 Å². The third kappa shape index (κ3) is 3.04. The smallest absolute Gasteiger partial charge is 0.184 e. The summed E-state index contributed by atoms with van der Waals surface area (Å²) in [6.45, 7) is 4.28. The number of hydrogen-bond donors (Lipinski definition) is 1. The number of unbranched alkanes of at least 4 members (excludes halogenated alkanes) is 1. The van der Waals surface area contributed by atoms with Gasteiger partial charge in [0.05, 0.1) is 6.04 Å². The van der Waals surface area contributed by atoms with Crippen molar-refractivity contribution in [3.05, 3.63) is 23.2 Å². The highest BCUT2D eigenvalue weighted by atomic mass is 35.5. The monoisotopic (exact) mass is 279 g/mol. The molecule has 2 N–H and O–H groups in total. The molecule has 2 rings (SSSR count). The first kappa shape index (κ1) is 13.8. The van der Waals surface area contributed by atoms with E-state index in [9.17, 15) is 0 Å². The predicted octanol–water partition coefficient (Wildman–Crippen LogP) is 3.33. The highest BCUT2D eigenvalue weighted by molar-refractivity contribution is 6.31. The van der Waals surface area contributed by atoms with E-state index in [4.69, 9.17) is 17.3 Å². The normalized spacial score (nSPS) is 12.6. The molecule has 0 aliphatic carbocycles. The Kier molecular flexibility index (Phi) is 4.37. The predicted molar refractivity (Wildman–Crippen MR) is 76.9 cm³/mol. The van der Waals surface area contributed by atoms with Gasteiger partial charge in [-0.05, 0) is 42.0 Å². The van der Waals surface area contributed by atoms with Crippen LogP contribution in [0.4, 0.5) is 5.69 Å². The van der Waals surface area contributed by atoms with Gasteiger partial charge in [-0.15, -0.1) is 5.10 Å². The summed E-state index contributed by atoms with van der Waals surface area (Å²) in [7, 11) is 0. The van der Waals surface area contributed by atoms with E-state index in [2.05, 4.69) is 29.4 Å². The van der Waals surface area contributed by atoms with Crippen LogP contribution in [0.25, 0.3) is 11.4 Å². The average Bonchev–Trinajstić information content (AvgIpc) is 2.88. The number of halogens is 1. The van der Waals surface area contributed by atoms with Crippen LogP contribution in [-0.2, 0) is 0 Å². The van der Waals surface area contributed by atoms with Crippen molar-refractivity contribution in [2.75, 3.05) is 5.73 Å². The Labute approximate surface area is 117 Å². The highest BCUT2D eigenvalue weighted by Crippen LogP contribution is 2.29. The third-order valence-corrected chi connectivity index (χ3v) is 3.38. The lowest BCUT2D eigenvalue weighted by atomic mass is 10.1. The zero-order valence-electron chi connectivity index (χ0n) is 11.2. The largest absolute Gasteiger partial charge is 0.398 e. The van der Waals surface area contributed by atoms with Crippen molar-refractivity contribution in [2.45, 2.75) is 39.2 Å². The van der Waals surface area contributed by atoms with E-state index in [0.717, 1.165) is 24.8 Å². The van der Waals surface area contributed by atoms with Crippen molar-refractivity contribution in [3.8, 4) is 11.4 Å². The van der Waals surface area contributed by atoms with Crippen molar-refractivity contribution in [1.29, 1.82) is 0 Å². The van der Waals surface area contributed by atoms with Crippen LogP contribution in [0, 0.1) is 0 Å². The Bertz CT molecular complexity index is 552. The van der Waals surface area contributed by atoms with Gasteiger partial charge >= 0.3 is 0 Å².